The van der Waals surface area contributed by atoms with E-state index in [1.807, 2.05) is 0 Å². The quantitative estimate of drug-likeness (QED) is 0.798. The van der Waals surface area contributed by atoms with Crippen LogP contribution in [0.1, 0.15) is 64.6 Å². The molecule has 1 saturated heterocycles. The predicted molar refractivity (Wildman–Crippen MR) is 88.4 cm³/mol. The topological polar surface area (TPSA) is 33.1 Å². The summed E-state index contributed by atoms with van der Waals surface area (Å²) in [4.78, 5) is 2.52. The smallest absolute Gasteiger partial charge is 0.0764 e. The third-order valence-corrected chi connectivity index (χ3v) is 4.70. The van der Waals surface area contributed by atoms with Gasteiger partial charge in [-0.05, 0) is 44.8 Å². The summed E-state index contributed by atoms with van der Waals surface area (Å²) in [7, 11) is 0. The Balaban J connectivity index is 1.88. The molecular weight excluding hydrogens is 260 g/mol. The van der Waals surface area contributed by atoms with E-state index in [-0.39, 0.29) is 0 Å². The van der Waals surface area contributed by atoms with Gasteiger partial charge >= 0.3 is 0 Å². The third kappa shape index (κ3) is 4.82. The van der Waals surface area contributed by atoms with Crippen molar-refractivity contribution in [2.24, 2.45) is 0 Å². The summed E-state index contributed by atoms with van der Waals surface area (Å²) in [5.41, 5.74) is 1.21. The van der Waals surface area contributed by atoms with Crippen molar-refractivity contribution in [3.8, 4) is 0 Å². The molecule has 0 saturated carbocycles. The van der Waals surface area contributed by atoms with E-state index in [0.29, 0.717) is 12.1 Å². The molecule has 1 fully saturated rings. The lowest BCUT2D eigenvalue weighted by molar-refractivity contribution is 0.223. The van der Waals surface area contributed by atoms with Gasteiger partial charge in [0.25, 0.3) is 0 Å². The molecule has 1 N–H and O–H groups in total. The molecule has 0 aliphatic carbocycles. The Kier molecular flexibility index (Phi) is 6.71. The second kappa shape index (κ2) is 8.54. The van der Waals surface area contributed by atoms with E-state index >= 15 is 0 Å². The van der Waals surface area contributed by atoms with E-state index < -0.39 is 0 Å². The number of likely N-dealkylation sites (N-methyl/N-ethyl adjacent to an activating group) is 1. The number of hydrogen-bond donors (Lipinski definition) is 1. The molecule has 1 aliphatic heterocycles. The van der Waals surface area contributed by atoms with Crippen molar-refractivity contribution in [2.75, 3.05) is 19.6 Å². The lowest BCUT2D eigenvalue weighted by atomic mass is 10.0. The minimum atomic E-state index is 0.550. The van der Waals surface area contributed by atoms with Crippen LogP contribution in [-0.2, 0) is 6.54 Å². The zero-order chi connectivity index (χ0) is 15.1. The minimum Gasteiger partial charge on any atom is -0.313 e. The first-order valence-electron chi connectivity index (χ1n) is 8.76. The summed E-state index contributed by atoms with van der Waals surface area (Å²) in [6, 6.07) is 3.41. The van der Waals surface area contributed by atoms with Gasteiger partial charge in [0.05, 0.1) is 11.7 Å². The van der Waals surface area contributed by atoms with Crippen molar-refractivity contribution in [2.45, 2.75) is 71.5 Å². The summed E-state index contributed by atoms with van der Waals surface area (Å²) in [6.07, 6.45) is 8.49. The highest BCUT2D eigenvalue weighted by molar-refractivity contribution is 5.00. The van der Waals surface area contributed by atoms with Gasteiger partial charge in [-0.25, -0.2) is 0 Å². The van der Waals surface area contributed by atoms with E-state index in [9.17, 15) is 0 Å². The maximum absolute atomic E-state index is 4.79. The van der Waals surface area contributed by atoms with Crippen LogP contribution in [0.25, 0.3) is 0 Å². The number of nitrogens with one attached hydrogen (secondary N) is 1. The van der Waals surface area contributed by atoms with E-state index in [4.69, 9.17) is 5.10 Å². The summed E-state index contributed by atoms with van der Waals surface area (Å²) in [5.74, 6) is 0. The third-order valence-electron chi connectivity index (χ3n) is 4.70. The molecular formula is C17H32N4. The molecule has 1 aromatic rings. The van der Waals surface area contributed by atoms with Gasteiger partial charge in [0.15, 0.2) is 0 Å². The molecule has 1 aliphatic rings. The zero-order valence-electron chi connectivity index (χ0n) is 14.0. The number of aromatic nitrogens is 2. The molecule has 0 spiro atoms. The Labute approximate surface area is 129 Å². The molecule has 0 amide bonds. The largest absolute Gasteiger partial charge is 0.313 e. The molecule has 1 atom stereocenters. The maximum Gasteiger partial charge on any atom is 0.0764 e. The molecule has 2 heterocycles. The lowest BCUT2D eigenvalue weighted by Gasteiger charge is -2.29. The molecule has 120 valence electrons. The van der Waals surface area contributed by atoms with Crippen LogP contribution < -0.4 is 5.32 Å². The Bertz CT molecular complexity index is 391. The minimum absolute atomic E-state index is 0.550. The number of nitrogens with zero attached hydrogens (tertiary/aromatic N) is 3. The molecule has 0 radical (unpaired) electrons. The Hall–Kier alpha value is -0.870. The summed E-state index contributed by atoms with van der Waals surface area (Å²) >= 11 is 0. The molecule has 4 heteroatoms. The fourth-order valence-corrected chi connectivity index (χ4v) is 3.25. The zero-order valence-corrected chi connectivity index (χ0v) is 14.0. The number of rotatable bonds is 8. The van der Waals surface area contributed by atoms with E-state index in [2.05, 4.69) is 47.9 Å². The molecule has 2 rings (SSSR count). The SMILES string of the molecule is CCC(CC)n1ccc(CN(CC)CC2CCCCN2)n1. The second-order valence-electron chi connectivity index (χ2n) is 6.23. The van der Waals surface area contributed by atoms with Crippen LogP contribution in [-0.4, -0.2) is 40.4 Å². The van der Waals surface area contributed by atoms with Gasteiger partial charge in [-0.1, -0.05) is 27.2 Å². The average Bonchev–Trinajstić information content (AvgIpc) is 2.97. The molecule has 1 aromatic heterocycles. The van der Waals surface area contributed by atoms with Gasteiger partial charge in [-0.15, -0.1) is 0 Å². The van der Waals surface area contributed by atoms with Gasteiger partial charge in [0.1, 0.15) is 0 Å². The summed E-state index contributed by atoms with van der Waals surface area (Å²) in [5, 5.41) is 8.43. The number of piperidine rings is 1. The normalized spacial score (nSPS) is 19.6. The van der Waals surface area contributed by atoms with Crippen molar-refractivity contribution >= 4 is 0 Å². The highest BCUT2D eigenvalue weighted by Crippen LogP contribution is 2.15. The van der Waals surface area contributed by atoms with E-state index in [1.54, 1.807) is 0 Å². The first kappa shape index (κ1) is 16.5. The molecule has 1 unspecified atom stereocenters. The molecule has 0 bridgehead atoms. The van der Waals surface area contributed by atoms with Crippen molar-refractivity contribution in [3.63, 3.8) is 0 Å². The lowest BCUT2D eigenvalue weighted by Crippen LogP contribution is -2.43. The first-order valence-corrected chi connectivity index (χ1v) is 8.76. The van der Waals surface area contributed by atoms with Crippen LogP contribution in [0.3, 0.4) is 0 Å². The van der Waals surface area contributed by atoms with Gasteiger partial charge in [0, 0.05) is 25.3 Å². The van der Waals surface area contributed by atoms with E-state index in [1.165, 1.54) is 31.5 Å². The van der Waals surface area contributed by atoms with Crippen molar-refractivity contribution in [1.29, 1.82) is 0 Å². The van der Waals surface area contributed by atoms with Crippen LogP contribution in [0.4, 0.5) is 0 Å². The van der Waals surface area contributed by atoms with Crippen LogP contribution in [0.15, 0.2) is 12.3 Å². The number of hydrogen-bond acceptors (Lipinski definition) is 3. The molecule has 0 aromatic carbocycles. The van der Waals surface area contributed by atoms with Crippen molar-refractivity contribution in [3.05, 3.63) is 18.0 Å². The molecule has 4 nitrogen and oxygen atoms in total. The van der Waals surface area contributed by atoms with Crippen LogP contribution >= 0.6 is 0 Å². The molecule has 21 heavy (non-hydrogen) atoms. The van der Waals surface area contributed by atoms with Gasteiger partial charge in [-0.3, -0.25) is 9.58 Å². The Morgan fingerprint density at radius 2 is 2.14 bits per heavy atom. The fourth-order valence-electron chi connectivity index (χ4n) is 3.25. The van der Waals surface area contributed by atoms with Gasteiger partial charge in [-0.2, -0.15) is 5.10 Å². The summed E-state index contributed by atoms with van der Waals surface area (Å²) < 4.78 is 2.15. The van der Waals surface area contributed by atoms with Crippen LogP contribution in [0.2, 0.25) is 0 Å². The first-order chi connectivity index (χ1) is 10.3. The maximum atomic E-state index is 4.79. The summed E-state index contributed by atoms with van der Waals surface area (Å²) in [6.45, 7) is 11.1. The van der Waals surface area contributed by atoms with E-state index in [0.717, 1.165) is 32.5 Å². The Morgan fingerprint density at radius 3 is 2.76 bits per heavy atom. The average molecular weight is 292 g/mol. The van der Waals surface area contributed by atoms with Crippen LogP contribution in [0, 0.1) is 0 Å². The highest BCUT2D eigenvalue weighted by Gasteiger charge is 2.17. The second-order valence-corrected chi connectivity index (χ2v) is 6.23. The monoisotopic (exact) mass is 292 g/mol. The van der Waals surface area contributed by atoms with Crippen molar-refractivity contribution < 1.29 is 0 Å². The predicted octanol–water partition coefficient (Wildman–Crippen LogP) is 3.21. The Morgan fingerprint density at radius 1 is 1.33 bits per heavy atom. The van der Waals surface area contributed by atoms with Gasteiger partial charge in [0.2, 0.25) is 0 Å². The highest BCUT2D eigenvalue weighted by atomic mass is 15.3. The standard InChI is InChI=1S/C17H32N4/c1-4-17(5-2)21-12-10-16(19-21)14-20(6-3)13-15-9-7-8-11-18-15/h10,12,15,17-18H,4-9,11,13-14H2,1-3H3. The van der Waals surface area contributed by atoms with Crippen molar-refractivity contribution in [1.82, 2.24) is 20.0 Å². The van der Waals surface area contributed by atoms with Crippen LogP contribution in [0.5, 0.6) is 0 Å². The fraction of sp³-hybridized carbons (Fsp3) is 0.824. The van der Waals surface area contributed by atoms with Gasteiger partial charge < -0.3 is 5.32 Å².